The average molecular weight is 275 g/mol. The van der Waals surface area contributed by atoms with Gasteiger partial charge in [0, 0.05) is 12.6 Å². The zero-order chi connectivity index (χ0) is 13.3. The fraction of sp³-hybridized carbons (Fsp3) is 0.556. The minimum atomic E-state index is -3.96. The highest BCUT2D eigenvalue weighted by Crippen LogP contribution is 2.31. The highest BCUT2D eigenvalue weighted by Gasteiger charge is 2.40. The fourth-order valence-electron chi connectivity index (χ4n) is 1.70. The van der Waals surface area contributed by atoms with Crippen LogP contribution in [0.15, 0.2) is 11.2 Å². The smallest absolute Gasteiger partial charge is 0.340 e. The SMILES string of the molecule is O=C(O)c1cn[nH]c1S(=O)(=O)N(CCO)C1CC1. The lowest BCUT2D eigenvalue weighted by Gasteiger charge is -2.19. The number of rotatable bonds is 6. The lowest BCUT2D eigenvalue weighted by molar-refractivity contribution is 0.0692. The number of aromatic nitrogens is 2. The fourth-order valence-corrected chi connectivity index (χ4v) is 3.45. The van der Waals surface area contributed by atoms with Gasteiger partial charge in [-0.25, -0.2) is 13.2 Å². The van der Waals surface area contributed by atoms with Crippen molar-refractivity contribution >= 4 is 16.0 Å². The Bertz CT molecular complexity index is 548. The van der Waals surface area contributed by atoms with Gasteiger partial charge < -0.3 is 10.2 Å². The number of aromatic amines is 1. The second-order valence-corrected chi connectivity index (χ2v) is 5.82. The van der Waals surface area contributed by atoms with Crippen LogP contribution in [0.2, 0.25) is 0 Å². The van der Waals surface area contributed by atoms with Crippen molar-refractivity contribution < 1.29 is 23.4 Å². The number of hydrogen-bond acceptors (Lipinski definition) is 5. The molecule has 100 valence electrons. The number of sulfonamides is 1. The number of aliphatic hydroxyl groups excluding tert-OH is 1. The zero-order valence-corrected chi connectivity index (χ0v) is 10.2. The van der Waals surface area contributed by atoms with Crippen molar-refractivity contribution in [3.05, 3.63) is 11.8 Å². The molecule has 3 N–H and O–H groups in total. The van der Waals surface area contributed by atoms with Gasteiger partial charge in [0.05, 0.1) is 12.8 Å². The van der Waals surface area contributed by atoms with E-state index in [2.05, 4.69) is 10.2 Å². The number of aromatic carboxylic acids is 1. The van der Waals surface area contributed by atoms with Gasteiger partial charge in [0.1, 0.15) is 5.56 Å². The van der Waals surface area contributed by atoms with E-state index in [1.165, 1.54) is 0 Å². The number of nitrogens with one attached hydrogen (secondary N) is 1. The zero-order valence-electron chi connectivity index (χ0n) is 9.40. The van der Waals surface area contributed by atoms with E-state index in [4.69, 9.17) is 10.2 Å². The maximum Gasteiger partial charge on any atom is 0.340 e. The van der Waals surface area contributed by atoms with Gasteiger partial charge >= 0.3 is 5.97 Å². The molecule has 9 heteroatoms. The molecule has 18 heavy (non-hydrogen) atoms. The van der Waals surface area contributed by atoms with E-state index in [0.29, 0.717) is 0 Å². The molecule has 0 radical (unpaired) electrons. The molecule has 2 rings (SSSR count). The molecule has 1 saturated carbocycles. The van der Waals surface area contributed by atoms with Crippen LogP contribution in [0.3, 0.4) is 0 Å². The Balaban J connectivity index is 2.39. The number of carbonyl (C=O) groups is 1. The Labute approximate surface area is 103 Å². The summed E-state index contributed by atoms with van der Waals surface area (Å²) in [5.41, 5.74) is -0.390. The van der Waals surface area contributed by atoms with Gasteiger partial charge in [0.15, 0.2) is 5.03 Å². The highest BCUT2D eigenvalue weighted by atomic mass is 32.2. The molecular weight excluding hydrogens is 262 g/mol. The molecule has 1 aliphatic rings. The Kier molecular flexibility index (Phi) is 3.37. The third-order valence-electron chi connectivity index (χ3n) is 2.68. The summed E-state index contributed by atoms with van der Waals surface area (Å²) in [6.07, 6.45) is 2.39. The van der Waals surface area contributed by atoms with Gasteiger partial charge in [-0.2, -0.15) is 9.40 Å². The van der Waals surface area contributed by atoms with Crippen LogP contribution in [0.25, 0.3) is 0 Å². The van der Waals surface area contributed by atoms with E-state index in [1.807, 2.05) is 0 Å². The first-order chi connectivity index (χ1) is 8.48. The standard InChI is InChI=1S/C9H13N3O5S/c13-4-3-12(6-1-2-6)18(16,17)8-7(9(14)15)5-10-11-8/h5-6,13H,1-4H2,(H,10,11)(H,14,15). The Morgan fingerprint density at radius 3 is 2.72 bits per heavy atom. The normalized spacial score (nSPS) is 16.1. The van der Waals surface area contributed by atoms with Crippen LogP contribution in [0.4, 0.5) is 0 Å². The predicted molar refractivity (Wildman–Crippen MR) is 59.5 cm³/mol. The first kappa shape index (κ1) is 13.0. The summed E-state index contributed by atoms with van der Waals surface area (Å²) in [6.45, 7) is -0.364. The monoisotopic (exact) mass is 275 g/mol. The van der Waals surface area contributed by atoms with Crippen LogP contribution < -0.4 is 0 Å². The van der Waals surface area contributed by atoms with E-state index in [9.17, 15) is 13.2 Å². The quantitative estimate of drug-likeness (QED) is 0.627. The van der Waals surface area contributed by atoms with Crippen molar-refractivity contribution in [2.75, 3.05) is 13.2 Å². The van der Waals surface area contributed by atoms with Gasteiger partial charge in [0.25, 0.3) is 10.0 Å². The Hall–Kier alpha value is -1.45. The lowest BCUT2D eigenvalue weighted by atomic mass is 10.4. The summed E-state index contributed by atoms with van der Waals surface area (Å²) in [7, 11) is -3.96. The molecule has 0 aliphatic heterocycles. The molecule has 0 saturated heterocycles. The van der Waals surface area contributed by atoms with Crippen LogP contribution in [0.1, 0.15) is 23.2 Å². The van der Waals surface area contributed by atoms with Gasteiger partial charge in [-0.3, -0.25) is 5.10 Å². The van der Waals surface area contributed by atoms with Gasteiger partial charge in [-0.15, -0.1) is 0 Å². The second-order valence-electron chi connectivity index (χ2n) is 3.99. The molecule has 1 heterocycles. The minimum absolute atomic E-state index is 0.0505. The highest BCUT2D eigenvalue weighted by molar-refractivity contribution is 7.89. The van der Waals surface area contributed by atoms with Crippen molar-refractivity contribution in [3.8, 4) is 0 Å². The van der Waals surface area contributed by atoms with E-state index >= 15 is 0 Å². The number of aliphatic hydroxyl groups is 1. The second kappa shape index (κ2) is 4.67. The van der Waals surface area contributed by atoms with E-state index in [0.717, 1.165) is 23.3 Å². The maximum absolute atomic E-state index is 12.3. The van der Waals surface area contributed by atoms with Crippen LogP contribution in [-0.2, 0) is 10.0 Å². The summed E-state index contributed by atoms with van der Waals surface area (Å²) in [5, 5.41) is 23.0. The van der Waals surface area contributed by atoms with Crippen molar-refractivity contribution in [3.63, 3.8) is 0 Å². The predicted octanol–water partition coefficient (Wildman–Crippen LogP) is -0.747. The molecule has 8 nitrogen and oxygen atoms in total. The Morgan fingerprint density at radius 2 is 2.22 bits per heavy atom. The number of carboxylic acids is 1. The molecule has 1 fully saturated rings. The van der Waals surface area contributed by atoms with Crippen LogP contribution in [0, 0.1) is 0 Å². The van der Waals surface area contributed by atoms with Gasteiger partial charge in [-0.1, -0.05) is 0 Å². The largest absolute Gasteiger partial charge is 0.478 e. The lowest BCUT2D eigenvalue weighted by Crippen LogP contribution is -2.36. The number of H-pyrrole nitrogens is 1. The summed E-state index contributed by atoms with van der Waals surface area (Å²) in [5.74, 6) is -1.36. The maximum atomic E-state index is 12.3. The number of hydrogen-bond donors (Lipinski definition) is 3. The summed E-state index contributed by atoms with van der Waals surface area (Å²) >= 11 is 0. The third-order valence-corrected chi connectivity index (χ3v) is 4.60. The van der Waals surface area contributed by atoms with Crippen molar-refractivity contribution in [2.24, 2.45) is 0 Å². The molecule has 1 aromatic heterocycles. The first-order valence-electron chi connectivity index (χ1n) is 5.38. The third kappa shape index (κ3) is 2.24. The van der Waals surface area contributed by atoms with Crippen molar-refractivity contribution in [2.45, 2.75) is 23.9 Å². The molecule has 0 unspecified atom stereocenters. The molecular formula is C9H13N3O5S. The Morgan fingerprint density at radius 1 is 1.56 bits per heavy atom. The van der Waals surface area contributed by atoms with Crippen LogP contribution in [-0.4, -0.2) is 58.3 Å². The van der Waals surface area contributed by atoms with E-state index in [-0.39, 0.29) is 19.2 Å². The average Bonchev–Trinajstić information content (AvgIpc) is 2.99. The molecule has 1 aliphatic carbocycles. The van der Waals surface area contributed by atoms with E-state index < -0.39 is 26.6 Å². The number of carboxylic acid groups (broad SMARTS) is 1. The molecule has 0 bridgehead atoms. The summed E-state index contributed by atoms with van der Waals surface area (Å²) < 4.78 is 25.7. The molecule has 0 atom stereocenters. The minimum Gasteiger partial charge on any atom is -0.478 e. The van der Waals surface area contributed by atoms with Crippen LogP contribution in [0.5, 0.6) is 0 Å². The topological polar surface area (TPSA) is 124 Å². The first-order valence-corrected chi connectivity index (χ1v) is 6.82. The molecule has 0 amide bonds. The summed E-state index contributed by atoms with van der Waals surface area (Å²) in [4.78, 5) is 10.9. The molecule has 0 spiro atoms. The van der Waals surface area contributed by atoms with Crippen molar-refractivity contribution in [1.29, 1.82) is 0 Å². The van der Waals surface area contributed by atoms with Crippen LogP contribution >= 0.6 is 0 Å². The van der Waals surface area contributed by atoms with E-state index in [1.54, 1.807) is 0 Å². The summed E-state index contributed by atoms with van der Waals surface area (Å²) in [6, 6.07) is -0.160. The number of nitrogens with zero attached hydrogens (tertiary/aromatic N) is 2. The molecule has 0 aromatic carbocycles. The van der Waals surface area contributed by atoms with Gasteiger partial charge in [-0.05, 0) is 12.8 Å². The molecule has 1 aromatic rings. The van der Waals surface area contributed by atoms with Crippen molar-refractivity contribution in [1.82, 2.24) is 14.5 Å². The van der Waals surface area contributed by atoms with Gasteiger partial charge in [0.2, 0.25) is 0 Å².